The van der Waals surface area contributed by atoms with E-state index >= 15 is 0 Å². The predicted octanol–water partition coefficient (Wildman–Crippen LogP) is 3.02. The number of nitrogens with zero attached hydrogens (tertiary/aromatic N) is 5. The van der Waals surface area contributed by atoms with E-state index in [2.05, 4.69) is 20.0 Å². The summed E-state index contributed by atoms with van der Waals surface area (Å²) in [5.41, 5.74) is 1.22. The van der Waals surface area contributed by atoms with Crippen LogP contribution in [0.2, 0.25) is 5.02 Å². The fourth-order valence-corrected chi connectivity index (χ4v) is 4.56. The zero-order valence-corrected chi connectivity index (χ0v) is 18.7. The number of sulfonamides is 1. The second kappa shape index (κ2) is 9.10. The molecule has 33 heavy (non-hydrogen) atoms. The summed E-state index contributed by atoms with van der Waals surface area (Å²) in [6, 6.07) is 14.0. The molecule has 0 bridgehead atoms. The Labute approximate surface area is 193 Å². The van der Waals surface area contributed by atoms with Crippen LogP contribution >= 0.6 is 11.6 Å². The lowest BCUT2D eigenvalue weighted by molar-refractivity contribution is -0.385. The maximum Gasteiger partial charge on any atom is 0.270 e. The third-order valence-corrected chi connectivity index (χ3v) is 6.60. The second-order valence-electron chi connectivity index (χ2n) is 6.90. The van der Waals surface area contributed by atoms with E-state index in [9.17, 15) is 18.5 Å². The average molecular weight is 489 g/mol. The molecule has 0 spiro atoms. The first kappa shape index (κ1) is 22.6. The molecule has 4 rings (SSSR count). The van der Waals surface area contributed by atoms with Crippen LogP contribution in [0.15, 0.2) is 59.5 Å². The Balaban J connectivity index is 1.46. The molecule has 11 nitrogen and oxygen atoms in total. The molecule has 0 radical (unpaired) electrons. The minimum atomic E-state index is -3.97. The highest BCUT2D eigenvalue weighted by Gasteiger charge is 2.20. The minimum Gasteiger partial charge on any atom is -0.475 e. The van der Waals surface area contributed by atoms with Gasteiger partial charge in [-0.3, -0.25) is 10.1 Å². The summed E-state index contributed by atoms with van der Waals surface area (Å²) in [6.07, 6.45) is 0. The summed E-state index contributed by atoms with van der Waals surface area (Å²) in [6.45, 7) is 1.45. The van der Waals surface area contributed by atoms with Gasteiger partial charge >= 0.3 is 0 Å². The van der Waals surface area contributed by atoms with Crippen molar-refractivity contribution in [3.05, 3.63) is 75.3 Å². The van der Waals surface area contributed by atoms with E-state index < -0.39 is 14.9 Å². The van der Waals surface area contributed by atoms with Crippen LogP contribution < -0.4 is 9.46 Å². The molecule has 0 atom stereocenters. The molecule has 1 N–H and O–H groups in total. The molecule has 2 aromatic heterocycles. The van der Waals surface area contributed by atoms with Crippen molar-refractivity contribution in [3.63, 3.8) is 0 Å². The molecule has 0 unspecified atom stereocenters. The van der Waals surface area contributed by atoms with E-state index in [-0.39, 0.29) is 29.6 Å². The number of nitrogens with one attached hydrogen (secondary N) is 1. The fraction of sp³-hybridized carbons (Fsp3) is 0.150. The lowest BCUT2D eigenvalue weighted by Crippen LogP contribution is -2.29. The largest absolute Gasteiger partial charge is 0.475 e. The van der Waals surface area contributed by atoms with Gasteiger partial charge in [-0.1, -0.05) is 29.8 Å². The SMILES string of the molecule is Cc1ccc([N+](=O)[O-])cc1S(=O)(=O)NCCOc1ccc2nnc(-c3ccccc3Cl)n2n1. The molecule has 0 aliphatic rings. The van der Waals surface area contributed by atoms with Gasteiger partial charge in [-0.25, -0.2) is 13.1 Å². The van der Waals surface area contributed by atoms with E-state index in [0.29, 0.717) is 27.6 Å². The van der Waals surface area contributed by atoms with Crippen LogP contribution in [-0.2, 0) is 10.0 Å². The highest BCUT2D eigenvalue weighted by Crippen LogP contribution is 2.26. The Morgan fingerprint density at radius 1 is 1.15 bits per heavy atom. The van der Waals surface area contributed by atoms with Crippen LogP contribution in [0.25, 0.3) is 17.0 Å². The van der Waals surface area contributed by atoms with Crippen LogP contribution in [0.1, 0.15) is 5.56 Å². The van der Waals surface area contributed by atoms with Gasteiger partial charge < -0.3 is 4.74 Å². The Kier molecular flexibility index (Phi) is 6.22. The molecular formula is C20H17ClN6O5S. The van der Waals surface area contributed by atoms with Gasteiger partial charge in [-0.2, -0.15) is 4.52 Å². The lowest BCUT2D eigenvalue weighted by atomic mass is 10.2. The highest BCUT2D eigenvalue weighted by atomic mass is 35.5. The number of fused-ring (bicyclic) bond motifs is 1. The third kappa shape index (κ3) is 4.77. The van der Waals surface area contributed by atoms with E-state index in [1.807, 2.05) is 6.07 Å². The molecule has 0 aliphatic heterocycles. The molecule has 0 amide bonds. The van der Waals surface area contributed by atoms with Gasteiger partial charge in [0.25, 0.3) is 5.69 Å². The number of non-ortho nitro benzene ring substituents is 1. The Morgan fingerprint density at radius 3 is 2.70 bits per heavy atom. The average Bonchev–Trinajstić information content (AvgIpc) is 3.20. The number of aryl methyl sites for hydroxylation is 1. The fourth-order valence-electron chi connectivity index (χ4n) is 3.06. The molecule has 4 aromatic rings. The number of benzene rings is 2. The maximum atomic E-state index is 12.6. The topological polar surface area (TPSA) is 142 Å². The number of aromatic nitrogens is 4. The molecule has 0 fully saturated rings. The molecule has 2 heterocycles. The van der Waals surface area contributed by atoms with E-state index in [0.717, 1.165) is 6.07 Å². The summed E-state index contributed by atoms with van der Waals surface area (Å²) in [5, 5.41) is 24.0. The number of ether oxygens (including phenoxy) is 1. The van der Waals surface area contributed by atoms with Gasteiger partial charge in [0, 0.05) is 30.3 Å². The number of nitro benzene ring substituents is 1. The van der Waals surface area contributed by atoms with Crippen LogP contribution in [-0.4, -0.2) is 46.3 Å². The van der Waals surface area contributed by atoms with Crippen molar-refractivity contribution in [1.82, 2.24) is 24.5 Å². The number of hydrogen-bond acceptors (Lipinski definition) is 8. The summed E-state index contributed by atoms with van der Waals surface area (Å²) in [5.74, 6) is 0.657. The number of hydrogen-bond donors (Lipinski definition) is 1. The van der Waals surface area contributed by atoms with Crippen molar-refractivity contribution in [3.8, 4) is 17.3 Å². The predicted molar refractivity (Wildman–Crippen MR) is 120 cm³/mol. The van der Waals surface area contributed by atoms with E-state index in [1.165, 1.54) is 16.6 Å². The van der Waals surface area contributed by atoms with Crippen LogP contribution in [0.4, 0.5) is 5.69 Å². The molecule has 0 aliphatic carbocycles. The number of nitro groups is 1. The molecule has 2 aromatic carbocycles. The van der Waals surface area contributed by atoms with Crippen LogP contribution in [0.3, 0.4) is 0 Å². The Morgan fingerprint density at radius 2 is 1.94 bits per heavy atom. The third-order valence-electron chi connectivity index (χ3n) is 4.67. The van der Waals surface area contributed by atoms with Crippen molar-refractivity contribution < 1.29 is 18.1 Å². The first-order chi connectivity index (χ1) is 15.8. The number of halogens is 1. The zero-order chi connectivity index (χ0) is 23.6. The summed E-state index contributed by atoms with van der Waals surface area (Å²) in [4.78, 5) is 10.2. The van der Waals surface area contributed by atoms with Crippen molar-refractivity contribution in [2.75, 3.05) is 13.2 Å². The quantitative estimate of drug-likeness (QED) is 0.226. The summed E-state index contributed by atoms with van der Waals surface area (Å²) in [7, 11) is -3.97. The lowest BCUT2D eigenvalue weighted by Gasteiger charge is -2.10. The molecule has 13 heteroatoms. The van der Waals surface area contributed by atoms with Gasteiger partial charge in [0.2, 0.25) is 15.9 Å². The van der Waals surface area contributed by atoms with Crippen LogP contribution in [0.5, 0.6) is 5.88 Å². The molecule has 0 saturated carbocycles. The van der Waals surface area contributed by atoms with E-state index in [1.54, 1.807) is 37.3 Å². The van der Waals surface area contributed by atoms with Crippen molar-refractivity contribution in [1.29, 1.82) is 0 Å². The maximum absolute atomic E-state index is 12.6. The van der Waals surface area contributed by atoms with Gasteiger partial charge in [-0.15, -0.1) is 15.3 Å². The molecule has 170 valence electrons. The van der Waals surface area contributed by atoms with Crippen molar-refractivity contribution in [2.24, 2.45) is 0 Å². The smallest absolute Gasteiger partial charge is 0.270 e. The Bertz CT molecular complexity index is 1460. The normalized spacial score (nSPS) is 11.6. The van der Waals surface area contributed by atoms with Crippen molar-refractivity contribution in [2.45, 2.75) is 11.8 Å². The summed E-state index contributed by atoms with van der Waals surface area (Å²) >= 11 is 6.25. The number of rotatable bonds is 8. The van der Waals surface area contributed by atoms with Gasteiger partial charge in [0.05, 0.1) is 14.8 Å². The molecular weight excluding hydrogens is 472 g/mol. The first-order valence-corrected chi connectivity index (χ1v) is 11.5. The second-order valence-corrected chi connectivity index (χ2v) is 9.04. The monoisotopic (exact) mass is 488 g/mol. The van der Waals surface area contributed by atoms with E-state index in [4.69, 9.17) is 16.3 Å². The highest BCUT2D eigenvalue weighted by molar-refractivity contribution is 7.89. The van der Waals surface area contributed by atoms with Gasteiger partial charge in [0.15, 0.2) is 11.5 Å². The van der Waals surface area contributed by atoms with Gasteiger partial charge in [0.1, 0.15) is 6.61 Å². The van der Waals surface area contributed by atoms with Gasteiger partial charge in [-0.05, 0) is 30.7 Å². The molecule has 0 saturated heterocycles. The standard InChI is InChI=1S/C20H17ClN6O5S/c1-13-6-7-14(27(28)29)12-17(13)33(30,31)22-10-11-32-19-9-8-18-23-24-20(26(18)25-19)15-4-2-3-5-16(15)21/h2-9,12,22H,10-11H2,1H3. The first-order valence-electron chi connectivity index (χ1n) is 9.61. The van der Waals surface area contributed by atoms with Crippen molar-refractivity contribution >= 4 is 33.0 Å². The zero-order valence-electron chi connectivity index (χ0n) is 17.2. The Hall–Kier alpha value is -3.61. The summed E-state index contributed by atoms with van der Waals surface area (Å²) < 4.78 is 34.6. The van der Waals surface area contributed by atoms with Crippen LogP contribution in [0, 0.1) is 17.0 Å². The minimum absolute atomic E-state index is 0.0325.